The Morgan fingerprint density at radius 1 is 0.486 bits per heavy atom. The van der Waals surface area contributed by atoms with Crippen molar-refractivity contribution in [2.24, 2.45) is 0 Å². The monoisotopic (exact) mass is 512 g/mol. The number of benzene rings is 6. The summed E-state index contributed by atoms with van der Waals surface area (Å²) in [5.74, 6) is 0. The molecule has 6 aromatic carbocycles. The normalized spacial score (nSPS) is 11.6. The van der Waals surface area contributed by atoms with Crippen molar-refractivity contribution in [3.05, 3.63) is 133 Å². The van der Waals surface area contributed by atoms with Gasteiger partial charge in [0, 0.05) is 15.7 Å². The maximum atomic E-state index is 2.40. The average molecular weight is 513 g/mol. The largest absolute Gasteiger partial charge is 0.123 e. The summed E-state index contributed by atoms with van der Waals surface area (Å²) in [4.78, 5) is 1.35. The molecule has 2 heteroatoms. The van der Waals surface area contributed by atoms with E-state index in [1.165, 1.54) is 53.5 Å². The minimum atomic E-state index is -0.761. The Kier molecular flexibility index (Phi) is 6.83. The van der Waals surface area contributed by atoms with E-state index in [9.17, 15) is 0 Å². The quantitative estimate of drug-likeness (QED) is 0.159. The molecular weight excluding hydrogens is 483 g/mol. The zero-order valence-electron chi connectivity index (χ0n) is 21.1. The van der Waals surface area contributed by atoms with E-state index >= 15 is 0 Å². The van der Waals surface area contributed by atoms with E-state index < -0.39 is 7.92 Å². The minimum absolute atomic E-state index is 0.489. The summed E-state index contributed by atoms with van der Waals surface area (Å²) in [6.07, 6.45) is 0. The van der Waals surface area contributed by atoms with Gasteiger partial charge in [0.25, 0.3) is 0 Å². The number of hydrogen-bond acceptors (Lipinski definition) is 1. The van der Waals surface area contributed by atoms with Crippen molar-refractivity contribution >= 4 is 57.1 Å². The molecule has 0 amide bonds. The Bertz CT molecular complexity index is 1630. The molecule has 0 aliphatic heterocycles. The van der Waals surface area contributed by atoms with Gasteiger partial charge >= 0.3 is 0 Å². The smallest absolute Gasteiger partial charge is 0.0160 e. The molecule has 0 radical (unpaired) electrons. The maximum Gasteiger partial charge on any atom is 0.0160 e. The van der Waals surface area contributed by atoms with E-state index in [0.717, 1.165) is 0 Å². The second kappa shape index (κ2) is 10.5. The first kappa shape index (κ1) is 24.0. The summed E-state index contributed by atoms with van der Waals surface area (Å²) in [5, 5.41) is 9.86. The number of fused-ring (bicyclic) bond motifs is 2. The molecule has 0 aliphatic rings. The zero-order chi connectivity index (χ0) is 25.2. The third-order valence-electron chi connectivity index (χ3n) is 6.68. The molecule has 0 aliphatic carbocycles. The zero-order valence-corrected chi connectivity index (χ0v) is 22.8. The highest BCUT2D eigenvalue weighted by Gasteiger charge is 2.24. The predicted octanol–water partition coefficient (Wildman–Crippen LogP) is 8.92. The molecule has 0 saturated heterocycles. The number of thioether (sulfide) groups is 1. The van der Waals surface area contributed by atoms with Crippen LogP contribution in [0.15, 0.2) is 138 Å². The van der Waals surface area contributed by atoms with Crippen LogP contribution in [0.4, 0.5) is 0 Å². The summed E-state index contributed by atoms with van der Waals surface area (Å²) in [6.45, 7) is 4.57. The molecule has 37 heavy (non-hydrogen) atoms. The summed E-state index contributed by atoms with van der Waals surface area (Å²) in [7, 11) is -0.761. The molecule has 0 bridgehead atoms. The fourth-order valence-electron chi connectivity index (χ4n) is 5.15. The Hall–Kier alpha value is -3.38. The lowest BCUT2D eigenvalue weighted by atomic mass is 9.94. The van der Waals surface area contributed by atoms with Crippen molar-refractivity contribution in [1.82, 2.24) is 0 Å². The third-order valence-corrected chi connectivity index (χ3v) is 10.2. The van der Waals surface area contributed by atoms with Crippen molar-refractivity contribution in [3.63, 3.8) is 0 Å². The standard InChI is InChI=1S/C35H29PS/c1-25(2)37-33-24-22-27-14-10-12-20-31(27)35(33)34-30-19-11-9-13-26(30)21-23-32(34)36(28-15-5-3-6-16-28)29-17-7-4-8-18-29/h3-25H,1-2H3. The summed E-state index contributed by atoms with van der Waals surface area (Å²) in [6, 6.07) is 49.2. The predicted molar refractivity (Wildman–Crippen MR) is 167 cm³/mol. The topological polar surface area (TPSA) is 0 Å². The molecule has 0 aromatic heterocycles. The molecule has 0 heterocycles. The van der Waals surface area contributed by atoms with Crippen LogP contribution < -0.4 is 15.9 Å². The van der Waals surface area contributed by atoms with Crippen molar-refractivity contribution in [2.75, 3.05) is 0 Å². The van der Waals surface area contributed by atoms with Gasteiger partial charge in [-0.05, 0) is 57.0 Å². The van der Waals surface area contributed by atoms with Crippen LogP contribution in [0.5, 0.6) is 0 Å². The van der Waals surface area contributed by atoms with Gasteiger partial charge in [-0.2, -0.15) is 0 Å². The van der Waals surface area contributed by atoms with Gasteiger partial charge < -0.3 is 0 Å². The van der Waals surface area contributed by atoms with E-state index in [0.29, 0.717) is 5.25 Å². The lowest BCUT2D eigenvalue weighted by molar-refractivity contribution is 1.11. The summed E-state index contributed by atoms with van der Waals surface area (Å²) in [5.41, 5.74) is 2.74. The van der Waals surface area contributed by atoms with Crippen LogP contribution in [0.25, 0.3) is 32.7 Å². The van der Waals surface area contributed by atoms with Gasteiger partial charge in [0.1, 0.15) is 0 Å². The van der Waals surface area contributed by atoms with Gasteiger partial charge in [0.2, 0.25) is 0 Å². The Morgan fingerprint density at radius 2 is 0.973 bits per heavy atom. The van der Waals surface area contributed by atoms with Crippen molar-refractivity contribution in [3.8, 4) is 11.1 Å². The van der Waals surface area contributed by atoms with Gasteiger partial charge in [0.05, 0.1) is 0 Å². The molecule has 0 atom stereocenters. The van der Waals surface area contributed by atoms with Crippen LogP contribution in [0.1, 0.15) is 13.8 Å². The van der Waals surface area contributed by atoms with Crippen molar-refractivity contribution in [1.29, 1.82) is 0 Å². The number of rotatable bonds is 6. The summed E-state index contributed by atoms with van der Waals surface area (Å²) < 4.78 is 0. The van der Waals surface area contributed by atoms with Gasteiger partial charge in [-0.15, -0.1) is 11.8 Å². The van der Waals surface area contributed by atoms with Crippen LogP contribution in [0.2, 0.25) is 0 Å². The second-order valence-electron chi connectivity index (χ2n) is 9.51. The van der Waals surface area contributed by atoms with E-state index in [-0.39, 0.29) is 0 Å². The van der Waals surface area contributed by atoms with Gasteiger partial charge in [-0.25, -0.2) is 0 Å². The molecule has 6 rings (SSSR count). The Morgan fingerprint density at radius 3 is 1.54 bits per heavy atom. The van der Waals surface area contributed by atoms with Crippen LogP contribution in [-0.4, -0.2) is 5.25 Å². The minimum Gasteiger partial charge on any atom is -0.123 e. The van der Waals surface area contributed by atoms with Crippen molar-refractivity contribution < 1.29 is 0 Å². The number of hydrogen-bond donors (Lipinski definition) is 0. The lowest BCUT2D eigenvalue weighted by Gasteiger charge is -2.26. The fraction of sp³-hybridized carbons (Fsp3) is 0.0857. The Labute approximate surface area is 225 Å². The highest BCUT2D eigenvalue weighted by molar-refractivity contribution is 8.00. The van der Waals surface area contributed by atoms with Crippen molar-refractivity contribution in [2.45, 2.75) is 24.0 Å². The molecule has 180 valence electrons. The van der Waals surface area contributed by atoms with E-state index in [1.54, 1.807) is 0 Å². The SMILES string of the molecule is CC(C)Sc1ccc2ccccc2c1-c1c(P(c2ccccc2)c2ccccc2)ccc2ccccc12. The molecular formula is C35H29PS. The highest BCUT2D eigenvalue weighted by Crippen LogP contribution is 2.45. The van der Waals surface area contributed by atoms with E-state index in [1.807, 2.05) is 11.8 Å². The van der Waals surface area contributed by atoms with Crippen LogP contribution in [-0.2, 0) is 0 Å². The van der Waals surface area contributed by atoms with Crippen LogP contribution in [0, 0.1) is 0 Å². The van der Waals surface area contributed by atoms with Crippen LogP contribution >= 0.6 is 19.7 Å². The molecule has 0 fully saturated rings. The molecule has 0 N–H and O–H groups in total. The van der Waals surface area contributed by atoms with Gasteiger partial charge in [-0.3, -0.25) is 0 Å². The molecule has 6 aromatic rings. The first-order valence-corrected chi connectivity index (χ1v) is 15.0. The molecule has 0 saturated carbocycles. The summed E-state index contributed by atoms with van der Waals surface area (Å²) >= 11 is 1.96. The van der Waals surface area contributed by atoms with Gasteiger partial charge in [-0.1, -0.05) is 141 Å². The Balaban J connectivity index is 1.76. The maximum absolute atomic E-state index is 2.40. The first-order chi connectivity index (χ1) is 18.2. The molecule has 0 spiro atoms. The van der Waals surface area contributed by atoms with Gasteiger partial charge in [0.15, 0.2) is 0 Å². The molecule has 0 nitrogen and oxygen atoms in total. The molecule has 0 unspecified atom stereocenters. The van der Waals surface area contributed by atoms with E-state index in [4.69, 9.17) is 0 Å². The van der Waals surface area contributed by atoms with E-state index in [2.05, 4.69) is 147 Å². The third kappa shape index (κ3) is 4.71. The first-order valence-electron chi connectivity index (χ1n) is 12.8. The lowest BCUT2D eigenvalue weighted by Crippen LogP contribution is -2.22. The van der Waals surface area contributed by atoms with Crippen LogP contribution in [0.3, 0.4) is 0 Å². The second-order valence-corrected chi connectivity index (χ2v) is 13.3. The highest BCUT2D eigenvalue weighted by atomic mass is 32.2. The fourth-order valence-corrected chi connectivity index (χ4v) is 8.61. The average Bonchev–Trinajstić information content (AvgIpc) is 2.94.